The molecule has 0 aliphatic rings. The summed E-state index contributed by atoms with van der Waals surface area (Å²) in [5.41, 5.74) is -0.105. The van der Waals surface area contributed by atoms with Gasteiger partial charge in [-0.2, -0.15) is 0 Å². The van der Waals surface area contributed by atoms with E-state index in [0.29, 0.717) is 0 Å². The van der Waals surface area contributed by atoms with E-state index < -0.39 is 17.4 Å². The van der Waals surface area contributed by atoms with Crippen LogP contribution in [0.2, 0.25) is 0 Å². The van der Waals surface area contributed by atoms with Gasteiger partial charge in [-0.25, -0.2) is 8.78 Å². The lowest BCUT2D eigenvalue weighted by Crippen LogP contribution is -2.03. The summed E-state index contributed by atoms with van der Waals surface area (Å²) in [5, 5.41) is 0. The predicted octanol–water partition coefficient (Wildman–Crippen LogP) is 4.05. The van der Waals surface area contributed by atoms with E-state index in [-0.39, 0.29) is 34.1 Å². The first-order valence-corrected chi connectivity index (χ1v) is 7.50. The highest BCUT2D eigenvalue weighted by Crippen LogP contribution is 2.38. The van der Waals surface area contributed by atoms with Gasteiger partial charge >= 0.3 is 0 Å². The highest BCUT2D eigenvalue weighted by molar-refractivity contribution is 6.10. The molecule has 0 amide bonds. The average Bonchev–Trinajstić information content (AvgIpc) is 2.67. The number of carbonyl (C=O) groups excluding carboxylic acids is 1. The molecule has 0 saturated carbocycles. The van der Waals surface area contributed by atoms with Crippen LogP contribution in [0.1, 0.15) is 15.9 Å². The summed E-state index contributed by atoms with van der Waals surface area (Å²) < 4.78 is 48.6. The van der Waals surface area contributed by atoms with Crippen LogP contribution in [0.4, 0.5) is 8.78 Å². The molecule has 0 bridgehead atoms. The van der Waals surface area contributed by atoms with E-state index in [0.717, 1.165) is 12.1 Å². The average molecular weight is 364 g/mol. The van der Waals surface area contributed by atoms with Gasteiger partial charge in [0.25, 0.3) is 0 Å². The molecule has 0 atom stereocenters. The number of Topliss-reactive ketones (excluding diaryl/α,β-unsaturated/α-hetero) is 1. The van der Waals surface area contributed by atoms with Gasteiger partial charge < -0.3 is 18.9 Å². The molecule has 0 radical (unpaired) electrons. The van der Waals surface area contributed by atoms with E-state index in [4.69, 9.17) is 18.9 Å². The number of halogens is 2. The lowest BCUT2D eigenvalue weighted by Gasteiger charge is -2.13. The summed E-state index contributed by atoms with van der Waals surface area (Å²) in [7, 11) is 5.56. The number of hydrogen-bond acceptors (Lipinski definition) is 5. The van der Waals surface area contributed by atoms with Gasteiger partial charge in [-0.05, 0) is 30.3 Å². The standard InChI is InChI=1S/C19H18F2O5/c1-23-13-6-5-11(14(20)10-13)7-15(21)18(22)12-8-16(24-2)19(26-4)17(9-12)25-3/h5-10H,1-4H3/b15-7-. The minimum atomic E-state index is -1.14. The molecule has 0 saturated heterocycles. The summed E-state index contributed by atoms with van der Waals surface area (Å²) in [6, 6.07) is 6.52. The van der Waals surface area contributed by atoms with Crippen LogP contribution in [-0.4, -0.2) is 34.2 Å². The molecule has 0 spiro atoms. The van der Waals surface area contributed by atoms with E-state index >= 15 is 0 Å². The Labute approximate surface area is 149 Å². The fraction of sp³-hybridized carbons (Fsp3) is 0.211. The minimum absolute atomic E-state index is 0.0258. The lowest BCUT2D eigenvalue weighted by atomic mass is 10.1. The maximum Gasteiger partial charge on any atom is 0.221 e. The van der Waals surface area contributed by atoms with Crippen LogP contribution in [0, 0.1) is 5.82 Å². The third-order valence-electron chi connectivity index (χ3n) is 3.63. The molecule has 0 unspecified atom stereocenters. The lowest BCUT2D eigenvalue weighted by molar-refractivity contribution is 0.101. The Morgan fingerprint density at radius 3 is 2.00 bits per heavy atom. The van der Waals surface area contributed by atoms with E-state index in [9.17, 15) is 13.6 Å². The second-order valence-electron chi connectivity index (χ2n) is 5.12. The van der Waals surface area contributed by atoms with Gasteiger partial charge in [0.05, 0.1) is 28.4 Å². The normalized spacial score (nSPS) is 11.1. The Morgan fingerprint density at radius 1 is 0.923 bits per heavy atom. The van der Waals surface area contributed by atoms with Gasteiger partial charge in [-0.15, -0.1) is 0 Å². The number of methoxy groups -OCH3 is 4. The summed E-state index contributed by atoms with van der Waals surface area (Å²) in [6.07, 6.45) is 0.820. The molecule has 138 valence electrons. The Morgan fingerprint density at radius 2 is 1.54 bits per heavy atom. The van der Waals surface area contributed by atoms with Crippen molar-refractivity contribution in [3.05, 3.63) is 53.1 Å². The maximum atomic E-state index is 14.4. The molecule has 0 N–H and O–H groups in total. The molecule has 0 fully saturated rings. The Bertz CT molecular complexity index is 821. The third kappa shape index (κ3) is 3.93. The number of benzene rings is 2. The van der Waals surface area contributed by atoms with Crippen molar-refractivity contribution in [3.63, 3.8) is 0 Å². The van der Waals surface area contributed by atoms with Crippen molar-refractivity contribution in [2.75, 3.05) is 28.4 Å². The number of allylic oxidation sites excluding steroid dienone is 1. The van der Waals surface area contributed by atoms with Crippen molar-refractivity contribution in [2.24, 2.45) is 0 Å². The molecule has 2 rings (SSSR count). The Hall–Kier alpha value is -3.09. The Kier molecular flexibility index (Phi) is 6.16. The molecule has 2 aromatic rings. The number of carbonyl (C=O) groups is 1. The van der Waals surface area contributed by atoms with Gasteiger partial charge in [-0.3, -0.25) is 4.79 Å². The number of ketones is 1. The van der Waals surface area contributed by atoms with Gasteiger partial charge in [0.1, 0.15) is 11.6 Å². The zero-order valence-electron chi connectivity index (χ0n) is 14.8. The smallest absolute Gasteiger partial charge is 0.221 e. The molecule has 0 aliphatic carbocycles. The summed E-state index contributed by atoms with van der Waals surface area (Å²) in [6.45, 7) is 0. The van der Waals surface area contributed by atoms with Crippen LogP contribution in [0.5, 0.6) is 23.0 Å². The first kappa shape index (κ1) is 19.2. The van der Waals surface area contributed by atoms with Crippen LogP contribution in [0.25, 0.3) is 6.08 Å². The second kappa shape index (κ2) is 8.33. The number of ether oxygens (including phenoxy) is 4. The van der Waals surface area contributed by atoms with Crippen molar-refractivity contribution in [1.29, 1.82) is 0 Å². The zero-order valence-corrected chi connectivity index (χ0v) is 14.8. The SMILES string of the molecule is COc1ccc(/C=C(\F)C(=O)c2cc(OC)c(OC)c(OC)c2)c(F)c1. The molecule has 7 heteroatoms. The van der Waals surface area contributed by atoms with Gasteiger partial charge in [0.15, 0.2) is 17.3 Å². The van der Waals surface area contributed by atoms with Gasteiger partial charge in [-0.1, -0.05) is 0 Å². The van der Waals surface area contributed by atoms with Crippen molar-refractivity contribution < 1.29 is 32.5 Å². The highest BCUT2D eigenvalue weighted by Gasteiger charge is 2.20. The molecule has 0 aromatic heterocycles. The summed E-state index contributed by atoms with van der Waals surface area (Å²) >= 11 is 0. The van der Waals surface area contributed by atoms with Crippen molar-refractivity contribution in [2.45, 2.75) is 0 Å². The van der Waals surface area contributed by atoms with Crippen LogP contribution in [0.3, 0.4) is 0 Å². The quantitative estimate of drug-likeness (QED) is 0.548. The molecule has 2 aromatic carbocycles. The van der Waals surface area contributed by atoms with Crippen molar-refractivity contribution >= 4 is 11.9 Å². The van der Waals surface area contributed by atoms with Crippen molar-refractivity contribution in [1.82, 2.24) is 0 Å². The highest BCUT2D eigenvalue weighted by atomic mass is 19.1. The zero-order chi connectivity index (χ0) is 19.3. The summed E-state index contributed by atoms with van der Waals surface area (Å²) in [5.74, 6) is -1.81. The topological polar surface area (TPSA) is 54.0 Å². The number of hydrogen-bond donors (Lipinski definition) is 0. The largest absolute Gasteiger partial charge is 0.497 e. The maximum absolute atomic E-state index is 14.4. The second-order valence-corrected chi connectivity index (χ2v) is 5.12. The minimum Gasteiger partial charge on any atom is -0.497 e. The van der Waals surface area contributed by atoms with Crippen molar-refractivity contribution in [3.8, 4) is 23.0 Å². The van der Waals surface area contributed by atoms with E-state index in [1.54, 1.807) is 0 Å². The predicted molar refractivity (Wildman–Crippen MR) is 92.5 cm³/mol. The summed E-state index contributed by atoms with van der Waals surface area (Å²) in [4.78, 5) is 12.4. The van der Waals surface area contributed by atoms with Crippen LogP contribution >= 0.6 is 0 Å². The van der Waals surface area contributed by atoms with Crippen LogP contribution in [-0.2, 0) is 0 Å². The molecule has 26 heavy (non-hydrogen) atoms. The first-order chi connectivity index (χ1) is 12.4. The van der Waals surface area contributed by atoms with Gasteiger partial charge in [0.2, 0.25) is 11.5 Å². The van der Waals surface area contributed by atoms with Crippen LogP contribution in [0.15, 0.2) is 36.2 Å². The van der Waals surface area contributed by atoms with Crippen LogP contribution < -0.4 is 18.9 Å². The van der Waals surface area contributed by atoms with E-state index in [1.165, 1.54) is 52.7 Å². The third-order valence-corrected chi connectivity index (χ3v) is 3.63. The molecule has 0 aliphatic heterocycles. The Balaban J connectivity index is 2.41. The molecular formula is C19H18F2O5. The van der Waals surface area contributed by atoms with E-state index in [2.05, 4.69) is 0 Å². The molecule has 5 nitrogen and oxygen atoms in total. The number of rotatable bonds is 7. The molecule has 0 heterocycles. The van der Waals surface area contributed by atoms with Gasteiger partial charge in [0, 0.05) is 17.2 Å². The fourth-order valence-electron chi connectivity index (χ4n) is 2.30. The first-order valence-electron chi connectivity index (χ1n) is 7.50. The fourth-order valence-corrected chi connectivity index (χ4v) is 2.30. The van der Waals surface area contributed by atoms with E-state index in [1.807, 2.05) is 0 Å². The monoisotopic (exact) mass is 364 g/mol. The molecular weight excluding hydrogens is 346 g/mol.